The van der Waals surface area contributed by atoms with E-state index in [2.05, 4.69) is 0 Å². The summed E-state index contributed by atoms with van der Waals surface area (Å²) < 4.78 is 16.4. The van der Waals surface area contributed by atoms with E-state index in [-0.39, 0.29) is 29.9 Å². The van der Waals surface area contributed by atoms with Crippen LogP contribution >= 0.6 is 0 Å². The van der Waals surface area contributed by atoms with Crippen LogP contribution in [-0.4, -0.2) is 84.8 Å². The quantitative estimate of drug-likeness (QED) is 0.221. The van der Waals surface area contributed by atoms with Crippen molar-refractivity contribution in [3.63, 3.8) is 0 Å². The molecule has 12 heteroatoms. The van der Waals surface area contributed by atoms with E-state index < -0.39 is 66.6 Å². The van der Waals surface area contributed by atoms with Crippen LogP contribution in [0.2, 0.25) is 0 Å². The van der Waals surface area contributed by atoms with Crippen LogP contribution in [0.5, 0.6) is 23.0 Å². The van der Waals surface area contributed by atoms with Crippen LogP contribution in [0.15, 0.2) is 30.3 Å². The summed E-state index contributed by atoms with van der Waals surface area (Å²) in [6, 6.07) is 5.90. The van der Waals surface area contributed by atoms with Gasteiger partial charge in [-0.2, -0.15) is 0 Å². The number of esters is 1. The third kappa shape index (κ3) is 4.88. The fourth-order valence-electron chi connectivity index (χ4n) is 4.06. The normalized spacial score (nSPS) is 28.4. The molecule has 7 N–H and O–H groups in total. The third-order valence-electron chi connectivity index (χ3n) is 5.97. The van der Waals surface area contributed by atoms with E-state index in [4.69, 9.17) is 14.2 Å². The first kappa shape index (κ1) is 24.7. The molecule has 1 unspecified atom stereocenters. The molecule has 35 heavy (non-hydrogen) atoms. The van der Waals surface area contributed by atoms with Crippen LogP contribution in [0, 0.1) is 0 Å². The zero-order valence-corrected chi connectivity index (χ0v) is 18.1. The Morgan fingerprint density at radius 2 is 1.66 bits per heavy atom. The average molecular weight is 492 g/mol. The number of phenols is 4. The van der Waals surface area contributed by atoms with E-state index in [9.17, 15) is 45.3 Å². The molecule has 2 aromatic carbocycles. The number of Topliss-reactive ketones (excluding diaryl/α,β-unsaturated/α-hetero) is 1. The molecule has 12 nitrogen and oxygen atoms in total. The molecule has 2 aliphatic rings. The number of ether oxygens (including phenoxy) is 3. The second-order valence-electron chi connectivity index (χ2n) is 8.33. The Balaban J connectivity index is 1.46. The lowest BCUT2D eigenvalue weighted by Crippen LogP contribution is -2.59. The maximum Gasteiger partial charge on any atom is 0.338 e. The predicted octanol–water partition coefficient (Wildman–Crippen LogP) is 0.208. The summed E-state index contributed by atoms with van der Waals surface area (Å²) in [5.74, 6) is -3.60. The molecule has 0 aromatic heterocycles. The second kappa shape index (κ2) is 9.68. The molecule has 0 saturated carbocycles. The van der Waals surface area contributed by atoms with Gasteiger partial charge in [0.2, 0.25) is 0 Å². The molecule has 4 rings (SSSR count). The third-order valence-corrected chi connectivity index (χ3v) is 5.97. The molecule has 1 saturated heterocycles. The number of aromatic hydroxyl groups is 4. The smallest absolute Gasteiger partial charge is 0.338 e. The number of aliphatic hydroxyl groups excluding tert-OH is 3. The minimum Gasteiger partial charge on any atom is -0.508 e. The zero-order valence-electron chi connectivity index (χ0n) is 18.1. The number of carbonyl (C=O) groups excluding carboxylic acids is 2. The molecule has 0 radical (unpaired) electrons. The Morgan fingerprint density at radius 1 is 0.971 bits per heavy atom. The van der Waals surface area contributed by atoms with Crippen molar-refractivity contribution < 1.29 is 59.5 Å². The first-order valence-electron chi connectivity index (χ1n) is 10.7. The number of phenolic OH excluding ortho intramolecular Hbond substituents is 4. The number of carbonyl (C=O) groups is 2. The molecular formula is C23H24O12. The molecule has 1 fully saturated rings. The summed E-state index contributed by atoms with van der Waals surface area (Å²) in [5.41, 5.74) is 0.420. The van der Waals surface area contributed by atoms with Crippen LogP contribution in [0.25, 0.3) is 0 Å². The van der Waals surface area contributed by atoms with E-state index in [1.54, 1.807) is 0 Å². The fourth-order valence-corrected chi connectivity index (χ4v) is 4.06. The maximum absolute atomic E-state index is 12.3. The van der Waals surface area contributed by atoms with Crippen molar-refractivity contribution in [3.8, 4) is 23.0 Å². The lowest BCUT2D eigenvalue weighted by Gasteiger charge is -2.41. The lowest BCUT2D eigenvalue weighted by atomic mass is 9.88. The number of hydrogen-bond donors (Lipinski definition) is 7. The molecule has 188 valence electrons. The highest BCUT2D eigenvalue weighted by Crippen LogP contribution is 2.38. The molecule has 1 aliphatic carbocycles. The van der Waals surface area contributed by atoms with Crippen LogP contribution in [0.4, 0.5) is 0 Å². The van der Waals surface area contributed by atoms with Gasteiger partial charge in [0.25, 0.3) is 0 Å². The van der Waals surface area contributed by atoms with E-state index in [1.807, 2.05) is 0 Å². The first-order valence-corrected chi connectivity index (χ1v) is 10.7. The molecular weight excluding hydrogens is 468 g/mol. The van der Waals surface area contributed by atoms with Gasteiger partial charge in [0.05, 0.1) is 11.7 Å². The van der Waals surface area contributed by atoms with Crippen molar-refractivity contribution in [2.24, 2.45) is 0 Å². The fraction of sp³-hybridized carbons (Fsp3) is 0.391. The summed E-state index contributed by atoms with van der Waals surface area (Å²) >= 11 is 0. The Bertz CT molecular complexity index is 1110. The number of hydrogen-bond acceptors (Lipinski definition) is 12. The van der Waals surface area contributed by atoms with Gasteiger partial charge in [0.15, 0.2) is 29.3 Å². The van der Waals surface area contributed by atoms with Gasteiger partial charge in [-0.1, -0.05) is 0 Å². The number of aliphatic hydroxyl groups is 3. The van der Waals surface area contributed by atoms with E-state index in [0.29, 0.717) is 11.1 Å². The Morgan fingerprint density at radius 3 is 2.34 bits per heavy atom. The van der Waals surface area contributed by atoms with Crippen LogP contribution < -0.4 is 0 Å². The van der Waals surface area contributed by atoms with Crippen molar-refractivity contribution in [1.29, 1.82) is 0 Å². The number of ketones is 1. The van der Waals surface area contributed by atoms with Crippen molar-refractivity contribution in [2.75, 3.05) is 6.61 Å². The van der Waals surface area contributed by atoms with Crippen molar-refractivity contribution in [3.05, 3.63) is 47.0 Å². The number of rotatable bonds is 5. The van der Waals surface area contributed by atoms with Crippen LogP contribution in [0.3, 0.4) is 0 Å². The monoisotopic (exact) mass is 492 g/mol. The summed E-state index contributed by atoms with van der Waals surface area (Å²) in [4.78, 5) is 24.5. The second-order valence-corrected chi connectivity index (χ2v) is 8.33. The standard InChI is InChI=1S/C23H24O12/c24-10-1-2-11-12(7-10)16(4-3-13(11)25)34-23-21(31)20(30)19(29)17(35-23)8-33-22(32)9-5-14(26)18(28)15(27)6-9/h1-2,5-7,16-17,19-21,23-24,26-31H,3-4,8H2/t16?,17-,19-,20+,21-,23-/m1/s1. The minimum atomic E-state index is -1.73. The van der Waals surface area contributed by atoms with Crippen molar-refractivity contribution in [2.45, 2.75) is 49.7 Å². The average Bonchev–Trinajstić information content (AvgIpc) is 2.83. The van der Waals surface area contributed by atoms with E-state index in [0.717, 1.165) is 12.1 Å². The van der Waals surface area contributed by atoms with Crippen molar-refractivity contribution in [1.82, 2.24) is 0 Å². The molecule has 1 heterocycles. The highest BCUT2D eigenvalue weighted by Gasteiger charge is 2.46. The number of fused-ring (bicyclic) bond motifs is 1. The molecule has 1 aliphatic heterocycles. The highest BCUT2D eigenvalue weighted by atomic mass is 16.7. The SMILES string of the molecule is O=C(OC[C@H]1O[C@@H](OC2CCC(=O)c3ccc(O)cc32)[C@H](O)[C@@H](O)[C@@H]1O)c1cc(O)c(O)c(O)c1. The summed E-state index contributed by atoms with van der Waals surface area (Å²) in [5, 5.41) is 69.3. The largest absolute Gasteiger partial charge is 0.508 e. The van der Waals surface area contributed by atoms with Crippen molar-refractivity contribution >= 4 is 11.8 Å². The molecule has 0 amide bonds. The maximum atomic E-state index is 12.3. The number of benzene rings is 2. The van der Waals surface area contributed by atoms with Gasteiger partial charge in [-0.15, -0.1) is 0 Å². The zero-order chi connectivity index (χ0) is 25.4. The van der Waals surface area contributed by atoms with Gasteiger partial charge in [0, 0.05) is 12.0 Å². The van der Waals surface area contributed by atoms with Gasteiger partial charge in [-0.3, -0.25) is 4.79 Å². The van der Waals surface area contributed by atoms with Gasteiger partial charge in [0.1, 0.15) is 36.8 Å². The summed E-state index contributed by atoms with van der Waals surface area (Å²) in [6.45, 7) is -0.605. The van der Waals surface area contributed by atoms with E-state index in [1.165, 1.54) is 18.2 Å². The van der Waals surface area contributed by atoms with Gasteiger partial charge >= 0.3 is 5.97 Å². The summed E-state index contributed by atoms with van der Waals surface area (Å²) in [7, 11) is 0. The predicted molar refractivity (Wildman–Crippen MR) is 114 cm³/mol. The Labute approximate surface area is 198 Å². The molecule has 0 spiro atoms. The molecule has 2 aromatic rings. The molecule has 0 bridgehead atoms. The van der Waals surface area contributed by atoms with Gasteiger partial charge in [-0.25, -0.2) is 4.79 Å². The molecule has 6 atom stereocenters. The Kier molecular flexibility index (Phi) is 6.83. The van der Waals surface area contributed by atoms with Crippen LogP contribution in [-0.2, 0) is 14.2 Å². The van der Waals surface area contributed by atoms with Gasteiger partial charge < -0.3 is 50.0 Å². The van der Waals surface area contributed by atoms with Gasteiger partial charge in [-0.05, 0) is 42.3 Å². The highest BCUT2D eigenvalue weighted by molar-refractivity contribution is 5.98. The Hall–Kier alpha value is -3.42. The lowest BCUT2D eigenvalue weighted by molar-refractivity contribution is -0.312. The topological polar surface area (TPSA) is 203 Å². The first-order chi connectivity index (χ1) is 16.6. The minimum absolute atomic E-state index is 0.0938. The van der Waals surface area contributed by atoms with E-state index >= 15 is 0 Å². The van der Waals surface area contributed by atoms with Crippen LogP contribution in [0.1, 0.15) is 45.2 Å². The summed E-state index contributed by atoms with van der Waals surface area (Å²) in [6.07, 6.45) is -8.30.